The van der Waals surface area contributed by atoms with Gasteiger partial charge in [0, 0.05) is 41.3 Å². The fraction of sp³-hybridized carbons (Fsp3) is 0.381. The molecule has 1 aromatic carbocycles. The lowest BCUT2D eigenvalue weighted by molar-refractivity contribution is -0.384. The van der Waals surface area contributed by atoms with Gasteiger partial charge in [0.25, 0.3) is 17.5 Å². The van der Waals surface area contributed by atoms with E-state index in [1.165, 1.54) is 24.3 Å². The number of carbonyl (C=O) groups excluding carboxylic acids is 2. The summed E-state index contributed by atoms with van der Waals surface area (Å²) in [6.45, 7) is 5.71. The van der Waals surface area contributed by atoms with Gasteiger partial charge in [-0.1, -0.05) is 13.0 Å². The van der Waals surface area contributed by atoms with E-state index in [9.17, 15) is 19.7 Å². The molecular formula is C21H24N4O5. The van der Waals surface area contributed by atoms with E-state index in [-0.39, 0.29) is 29.0 Å². The zero-order valence-electron chi connectivity index (χ0n) is 17.2. The van der Waals surface area contributed by atoms with E-state index < -0.39 is 10.8 Å². The molecule has 9 heteroatoms. The third kappa shape index (κ3) is 4.40. The number of rotatable bonds is 6. The van der Waals surface area contributed by atoms with Gasteiger partial charge in [-0.05, 0) is 39.2 Å². The molecule has 0 saturated heterocycles. The highest BCUT2D eigenvalue weighted by Gasteiger charge is 2.28. The van der Waals surface area contributed by atoms with Crippen molar-refractivity contribution in [1.29, 1.82) is 0 Å². The number of benzene rings is 1. The summed E-state index contributed by atoms with van der Waals surface area (Å²) in [4.78, 5) is 35.3. The van der Waals surface area contributed by atoms with Crippen LogP contribution in [0.25, 0.3) is 0 Å². The molecule has 2 amide bonds. The first-order valence-electron chi connectivity index (χ1n) is 9.86. The standard InChI is InChI=1S/C21H24N4O5/c1-4-12(2)22-21(27)19-13(3)18-16(9-6-10-17(18)30-19)23-24-20(26)14-7-5-8-15(11-14)25(28)29/h5,7-8,11-12H,4,6,9-10H2,1-3H3,(H,22,27)(H,24,26)/b23-16+. The Kier molecular flexibility index (Phi) is 6.29. The fourth-order valence-corrected chi connectivity index (χ4v) is 3.33. The summed E-state index contributed by atoms with van der Waals surface area (Å²) in [7, 11) is 0. The number of non-ortho nitro benzene ring substituents is 1. The number of nitrogens with one attached hydrogen (secondary N) is 2. The van der Waals surface area contributed by atoms with Crippen molar-refractivity contribution < 1.29 is 18.9 Å². The summed E-state index contributed by atoms with van der Waals surface area (Å²) in [6.07, 6.45) is 2.89. The van der Waals surface area contributed by atoms with E-state index >= 15 is 0 Å². The van der Waals surface area contributed by atoms with Crippen molar-refractivity contribution in [2.45, 2.75) is 52.5 Å². The molecule has 0 aliphatic heterocycles. The molecule has 1 unspecified atom stereocenters. The molecule has 0 spiro atoms. The average molecular weight is 412 g/mol. The number of hydrogen-bond acceptors (Lipinski definition) is 6. The molecular weight excluding hydrogens is 388 g/mol. The number of nitro benzene ring substituents is 1. The molecule has 1 aliphatic carbocycles. The molecule has 158 valence electrons. The number of amides is 2. The van der Waals surface area contributed by atoms with Crippen LogP contribution in [0.1, 0.15) is 70.9 Å². The second kappa shape index (κ2) is 8.89. The Morgan fingerprint density at radius 1 is 1.30 bits per heavy atom. The molecule has 0 bridgehead atoms. The van der Waals surface area contributed by atoms with Crippen LogP contribution >= 0.6 is 0 Å². The Morgan fingerprint density at radius 2 is 2.07 bits per heavy atom. The predicted molar refractivity (Wildman–Crippen MR) is 111 cm³/mol. The van der Waals surface area contributed by atoms with E-state index in [1.54, 1.807) is 6.92 Å². The van der Waals surface area contributed by atoms with E-state index in [4.69, 9.17) is 4.42 Å². The Bertz CT molecular complexity index is 1020. The quantitative estimate of drug-likeness (QED) is 0.555. The highest BCUT2D eigenvalue weighted by atomic mass is 16.6. The van der Waals surface area contributed by atoms with Crippen LogP contribution in [0, 0.1) is 17.0 Å². The van der Waals surface area contributed by atoms with Gasteiger partial charge in [0.15, 0.2) is 5.76 Å². The molecule has 2 N–H and O–H groups in total. The first-order valence-corrected chi connectivity index (χ1v) is 9.86. The zero-order chi connectivity index (χ0) is 21.8. The Hall–Kier alpha value is -3.49. The molecule has 0 saturated carbocycles. The number of hydrogen-bond donors (Lipinski definition) is 2. The van der Waals surface area contributed by atoms with Crippen LogP contribution in [0.5, 0.6) is 0 Å². The lowest BCUT2D eigenvalue weighted by Crippen LogP contribution is -2.32. The molecule has 1 atom stereocenters. The van der Waals surface area contributed by atoms with Crippen molar-refractivity contribution >= 4 is 23.2 Å². The first-order chi connectivity index (χ1) is 14.3. The van der Waals surface area contributed by atoms with Crippen LogP contribution in [0.3, 0.4) is 0 Å². The van der Waals surface area contributed by atoms with Gasteiger partial charge in [-0.15, -0.1) is 0 Å². The number of aryl methyl sites for hydroxylation is 1. The van der Waals surface area contributed by atoms with E-state index in [2.05, 4.69) is 15.8 Å². The molecule has 30 heavy (non-hydrogen) atoms. The van der Waals surface area contributed by atoms with Gasteiger partial charge in [-0.3, -0.25) is 19.7 Å². The summed E-state index contributed by atoms with van der Waals surface area (Å²) in [5.74, 6) is 0.127. The van der Waals surface area contributed by atoms with Gasteiger partial charge in [0.1, 0.15) is 5.76 Å². The van der Waals surface area contributed by atoms with Gasteiger partial charge < -0.3 is 9.73 Å². The lowest BCUT2D eigenvalue weighted by atomic mass is 9.93. The van der Waals surface area contributed by atoms with Gasteiger partial charge in [-0.2, -0.15) is 5.10 Å². The fourth-order valence-electron chi connectivity index (χ4n) is 3.33. The van der Waals surface area contributed by atoms with Crippen molar-refractivity contribution in [3.8, 4) is 0 Å². The van der Waals surface area contributed by atoms with Crippen molar-refractivity contribution in [2.24, 2.45) is 5.10 Å². The molecule has 0 radical (unpaired) electrons. The molecule has 2 aromatic rings. The van der Waals surface area contributed by atoms with Crippen LogP contribution in [-0.2, 0) is 6.42 Å². The maximum absolute atomic E-state index is 12.5. The van der Waals surface area contributed by atoms with Crippen molar-refractivity contribution in [1.82, 2.24) is 10.7 Å². The second-order valence-electron chi connectivity index (χ2n) is 7.30. The van der Waals surface area contributed by atoms with E-state index in [0.717, 1.165) is 18.4 Å². The average Bonchev–Trinajstić information content (AvgIpc) is 3.09. The minimum Gasteiger partial charge on any atom is -0.455 e. The normalized spacial score (nSPS) is 15.4. The van der Waals surface area contributed by atoms with Crippen LogP contribution in [0.15, 0.2) is 33.8 Å². The maximum atomic E-state index is 12.5. The summed E-state index contributed by atoms with van der Waals surface area (Å²) < 4.78 is 5.83. The largest absolute Gasteiger partial charge is 0.455 e. The zero-order valence-corrected chi connectivity index (χ0v) is 17.2. The van der Waals surface area contributed by atoms with Gasteiger partial charge in [-0.25, -0.2) is 5.43 Å². The third-order valence-corrected chi connectivity index (χ3v) is 5.13. The molecule has 9 nitrogen and oxygen atoms in total. The third-order valence-electron chi connectivity index (χ3n) is 5.13. The number of nitrogens with zero attached hydrogens (tertiary/aromatic N) is 2. The Balaban J connectivity index is 1.83. The van der Waals surface area contributed by atoms with Crippen molar-refractivity contribution in [3.63, 3.8) is 0 Å². The Labute approximate surface area is 173 Å². The SMILES string of the molecule is CCC(C)NC(=O)c1oc2c(c1C)/C(=N/NC(=O)c1cccc([N+](=O)[O-])c1)CCC2. The second-order valence-corrected chi connectivity index (χ2v) is 7.30. The molecule has 1 aliphatic rings. The Morgan fingerprint density at radius 3 is 2.77 bits per heavy atom. The van der Waals surface area contributed by atoms with Crippen LogP contribution in [0.4, 0.5) is 5.69 Å². The van der Waals surface area contributed by atoms with Crippen LogP contribution in [0.2, 0.25) is 0 Å². The number of furan rings is 1. The molecule has 1 aromatic heterocycles. The monoisotopic (exact) mass is 412 g/mol. The predicted octanol–water partition coefficient (Wildman–Crippen LogP) is 3.49. The number of fused-ring (bicyclic) bond motifs is 1. The van der Waals surface area contributed by atoms with E-state index in [1.807, 2.05) is 13.8 Å². The highest BCUT2D eigenvalue weighted by molar-refractivity contribution is 6.07. The molecule has 3 rings (SSSR count). The lowest BCUT2D eigenvalue weighted by Gasteiger charge is -2.13. The van der Waals surface area contributed by atoms with Crippen molar-refractivity contribution in [2.75, 3.05) is 0 Å². The minimum absolute atomic E-state index is 0.0291. The first kappa shape index (κ1) is 21.2. The minimum atomic E-state index is -0.559. The number of hydrazone groups is 1. The molecule has 1 heterocycles. The topological polar surface area (TPSA) is 127 Å². The van der Waals surface area contributed by atoms with E-state index in [0.29, 0.717) is 29.9 Å². The van der Waals surface area contributed by atoms with Gasteiger partial charge in [0.2, 0.25) is 0 Å². The summed E-state index contributed by atoms with van der Waals surface area (Å²) in [5, 5.41) is 18.0. The van der Waals surface area contributed by atoms with Crippen LogP contribution < -0.4 is 10.7 Å². The van der Waals surface area contributed by atoms with Crippen molar-refractivity contribution in [3.05, 3.63) is 62.6 Å². The smallest absolute Gasteiger partial charge is 0.287 e. The summed E-state index contributed by atoms with van der Waals surface area (Å²) >= 11 is 0. The molecule has 0 fully saturated rings. The number of nitro groups is 1. The van der Waals surface area contributed by atoms with Crippen LogP contribution in [-0.4, -0.2) is 28.5 Å². The van der Waals surface area contributed by atoms with Gasteiger partial charge >= 0.3 is 0 Å². The van der Waals surface area contributed by atoms with Gasteiger partial charge in [0.05, 0.1) is 10.6 Å². The maximum Gasteiger partial charge on any atom is 0.287 e. The number of carbonyl (C=O) groups is 2. The highest BCUT2D eigenvalue weighted by Crippen LogP contribution is 2.30. The summed E-state index contributed by atoms with van der Waals surface area (Å²) in [5.41, 5.74) is 4.50. The summed E-state index contributed by atoms with van der Waals surface area (Å²) in [6, 6.07) is 5.47.